The van der Waals surface area contributed by atoms with Gasteiger partial charge in [-0.1, -0.05) is 40.2 Å². The van der Waals surface area contributed by atoms with Crippen molar-refractivity contribution >= 4 is 39.5 Å². The van der Waals surface area contributed by atoms with Crippen molar-refractivity contribution in [2.75, 3.05) is 5.32 Å². The average molecular weight is 422 g/mol. The van der Waals surface area contributed by atoms with E-state index in [9.17, 15) is 9.59 Å². The van der Waals surface area contributed by atoms with Gasteiger partial charge in [-0.15, -0.1) is 0 Å². The Labute approximate surface area is 165 Å². The summed E-state index contributed by atoms with van der Waals surface area (Å²) in [6, 6.07) is 19.5. The SMILES string of the molecule is O=C(Nc1cccc(Br)c1)/C(=C/c1ccncc1)NC(=O)c1ccccc1. The van der Waals surface area contributed by atoms with E-state index in [1.165, 1.54) is 0 Å². The van der Waals surface area contributed by atoms with Gasteiger partial charge < -0.3 is 10.6 Å². The number of aromatic nitrogens is 1. The Balaban J connectivity index is 1.86. The number of halogens is 1. The summed E-state index contributed by atoms with van der Waals surface area (Å²) < 4.78 is 0.841. The van der Waals surface area contributed by atoms with E-state index in [1.807, 2.05) is 18.2 Å². The fraction of sp³-hybridized carbons (Fsp3) is 0. The van der Waals surface area contributed by atoms with Crippen molar-refractivity contribution in [3.8, 4) is 0 Å². The number of nitrogens with zero attached hydrogens (tertiary/aromatic N) is 1. The highest BCUT2D eigenvalue weighted by Crippen LogP contribution is 2.16. The van der Waals surface area contributed by atoms with E-state index < -0.39 is 5.91 Å². The van der Waals surface area contributed by atoms with Crippen molar-refractivity contribution in [2.24, 2.45) is 0 Å². The van der Waals surface area contributed by atoms with Crippen LogP contribution in [0.25, 0.3) is 6.08 Å². The quantitative estimate of drug-likeness (QED) is 0.604. The minimum Gasteiger partial charge on any atom is -0.321 e. The molecular formula is C21H16BrN3O2. The molecule has 1 heterocycles. The lowest BCUT2D eigenvalue weighted by atomic mass is 10.2. The average Bonchev–Trinajstić information content (AvgIpc) is 2.69. The van der Waals surface area contributed by atoms with E-state index in [0.29, 0.717) is 11.3 Å². The molecule has 27 heavy (non-hydrogen) atoms. The van der Waals surface area contributed by atoms with E-state index in [4.69, 9.17) is 0 Å². The van der Waals surface area contributed by atoms with E-state index in [0.717, 1.165) is 10.0 Å². The molecule has 3 aromatic rings. The van der Waals surface area contributed by atoms with Gasteiger partial charge in [0, 0.05) is 28.1 Å². The zero-order chi connectivity index (χ0) is 19.1. The lowest BCUT2D eigenvalue weighted by Crippen LogP contribution is -2.30. The zero-order valence-corrected chi connectivity index (χ0v) is 15.8. The largest absolute Gasteiger partial charge is 0.321 e. The number of hydrogen-bond donors (Lipinski definition) is 2. The van der Waals surface area contributed by atoms with Crippen molar-refractivity contribution in [2.45, 2.75) is 0 Å². The number of hydrogen-bond acceptors (Lipinski definition) is 3. The van der Waals surface area contributed by atoms with Gasteiger partial charge in [-0.3, -0.25) is 14.6 Å². The summed E-state index contributed by atoms with van der Waals surface area (Å²) in [6.07, 6.45) is 4.85. The molecule has 0 aliphatic carbocycles. The van der Waals surface area contributed by atoms with Crippen LogP contribution in [0.5, 0.6) is 0 Å². The molecule has 3 rings (SSSR count). The van der Waals surface area contributed by atoms with Crippen molar-refractivity contribution in [1.29, 1.82) is 0 Å². The Morgan fingerprint density at radius 1 is 0.926 bits per heavy atom. The number of carbonyl (C=O) groups excluding carboxylic acids is 2. The molecule has 2 amide bonds. The molecule has 0 unspecified atom stereocenters. The number of anilines is 1. The van der Waals surface area contributed by atoms with Crippen molar-refractivity contribution in [3.05, 3.63) is 100 Å². The monoisotopic (exact) mass is 421 g/mol. The second-order valence-corrected chi connectivity index (χ2v) is 6.54. The molecule has 0 spiro atoms. The fourth-order valence-corrected chi connectivity index (χ4v) is 2.73. The lowest BCUT2D eigenvalue weighted by Gasteiger charge is -2.11. The van der Waals surface area contributed by atoms with Crippen LogP contribution in [-0.4, -0.2) is 16.8 Å². The van der Waals surface area contributed by atoms with Crippen LogP contribution in [0.15, 0.2) is 89.3 Å². The molecule has 2 aromatic carbocycles. The second kappa shape index (κ2) is 8.91. The predicted octanol–water partition coefficient (Wildman–Crippen LogP) is 4.25. The van der Waals surface area contributed by atoms with E-state index in [1.54, 1.807) is 67.0 Å². The molecule has 134 valence electrons. The van der Waals surface area contributed by atoms with E-state index in [2.05, 4.69) is 31.5 Å². The molecule has 0 fully saturated rings. The Kier molecular flexibility index (Phi) is 6.12. The van der Waals surface area contributed by atoms with Crippen LogP contribution in [0, 0.1) is 0 Å². The van der Waals surface area contributed by atoms with Crippen LogP contribution < -0.4 is 10.6 Å². The maximum absolute atomic E-state index is 12.8. The molecule has 0 aliphatic heterocycles. The van der Waals surface area contributed by atoms with E-state index in [-0.39, 0.29) is 11.6 Å². The molecule has 2 N–H and O–H groups in total. The molecule has 0 radical (unpaired) electrons. The molecule has 0 atom stereocenters. The zero-order valence-electron chi connectivity index (χ0n) is 14.2. The maximum Gasteiger partial charge on any atom is 0.272 e. The van der Waals surface area contributed by atoms with Gasteiger partial charge in [0.25, 0.3) is 11.8 Å². The highest BCUT2D eigenvalue weighted by molar-refractivity contribution is 9.10. The second-order valence-electron chi connectivity index (χ2n) is 5.62. The van der Waals surface area contributed by atoms with Crippen LogP contribution >= 0.6 is 15.9 Å². The van der Waals surface area contributed by atoms with Gasteiger partial charge in [0.2, 0.25) is 0 Å². The number of rotatable bonds is 5. The third-order valence-electron chi connectivity index (χ3n) is 3.63. The number of carbonyl (C=O) groups is 2. The first-order valence-electron chi connectivity index (χ1n) is 8.17. The highest BCUT2D eigenvalue weighted by atomic mass is 79.9. The Bertz CT molecular complexity index is 973. The molecule has 5 nitrogen and oxygen atoms in total. The minimum absolute atomic E-state index is 0.134. The smallest absolute Gasteiger partial charge is 0.272 e. The van der Waals surface area contributed by atoms with Crippen LogP contribution in [0.1, 0.15) is 15.9 Å². The first-order valence-corrected chi connectivity index (χ1v) is 8.96. The molecule has 0 bridgehead atoms. The summed E-state index contributed by atoms with van der Waals surface area (Å²) in [7, 11) is 0. The lowest BCUT2D eigenvalue weighted by molar-refractivity contribution is -0.113. The molecule has 6 heteroatoms. The molecule has 0 saturated carbocycles. The normalized spacial score (nSPS) is 10.9. The Morgan fingerprint density at radius 3 is 2.37 bits per heavy atom. The van der Waals surface area contributed by atoms with Crippen molar-refractivity contribution < 1.29 is 9.59 Å². The number of pyridine rings is 1. The molecule has 0 saturated heterocycles. The van der Waals surface area contributed by atoms with E-state index >= 15 is 0 Å². The van der Waals surface area contributed by atoms with Gasteiger partial charge in [0.05, 0.1) is 0 Å². The summed E-state index contributed by atoms with van der Waals surface area (Å²) in [6.45, 7) is 0. The fourth-order valence-electron chi connectivity index (χ4n) is 2.33. The van der Waals surface area contributed by atoms with Crippen LogP contribution in [0.4, 0.5) is 5.69 Å². The van der Waals surface area contributed by atoms with Gasteiger partial charge in [0.1, 0.15) is 5.70 Å². The minimum atomic E-state index is -0.422. The van der Waals surface area contributed by atoms with Crippen molar-refractivity contribution in [3.63, 3.8) is 0 Å². The summed E-state index contributed by atoms with van der Waals surface area (Å²) >= 11 is 3.37. The van der Waals surface area contributed by atoms with Crippen molar-refractivity contribution in [1.82, 2.24) is 10.3 Å². The molecule has 0 aliphatic rings. The number of benzene rings is 2. The maximum atomic E-state index is 12.8. The van der Waals surface area contributed by atoms with Crippen LogP contribution in [0.2, 0.25) is 0 Å². The summed E-state index contributed by atoms with van der Waals surface area (Å²) in [5.74, 6) is -0.783. The van der Waals surface area contributed by atoms with Crippen LogP contribution in [0.3, 0.4) is 0 Å². The standard InChI is InChI=1S/C21H16BrN3O2/c22-17-7-4-8-18(14-17)24-21(27)19(13-15-9-11-23-12-10-15)25-20(26)16-5-2-1-3-6-16/h1-14H,(H,24,27)(H,25,26)/b19-13-. The number of nitrogens with one attached hydrogen (secondary N) is 2. The summed E-state index contributed by atoms with van der Waals surface area (Å²) in [4.78, 5) is 29.2. The first kappa shape index (κ1) is 18.5. The van der Waals surface area contributed by atoms with Gasteiger partial charge in [-0.05, 0) is 54.1 Å². The topological polar surface area (TPSA) is 71.1 Å². The van der Waals surface area contributed by atoms with Crippen LogP contribution in [-0.2, 0) is 4.79 Å². The third-order valence-corrected chi connectivity index (χ3v) is 4.12. The third kappa shape index (κ3) is 5.36. The van der Waals surface area contributed by atoms with Gasteiger partial charge in [-0.25, -0.2) is 0 Å². The Morgan fingerprint density at radius 2 is 1.67 bits per heavy atom. The molecule has 1 aromatic heterocycles. The first-order chi connectivity index (χ1) is 13.1. The highest BCUT2D eigenvalue weighted by Gasteiger charge is 2.15. The summed E-state index contributed by atoms with van der Waals surface area (Å²) in [5.41, 5.74) is 1.96. The molecular weight excluding hydrogens is 406 g/mol. The number of amides is 2. The predicted molar refractivity (Wildman–Crippen MR) is 109 cm³/mol. The van der Waals surface area contributed by atoms with Gasteiger partial charge in [0.15, 0.2) is 0 Å². The Hall–Kier alpha value is -3.25. The summed E-state index contributed by atoms with van der Waals surface area (Å²) in [5, 5.41) is 5.49. The van der Waals surface area contributed by atoms with Gasteiger partial charge in [-0.2, -0.15) is 0 Å². The van der Waals surface area contributed by atoms with Gasteiger partial charge >= 0.3 is 0 Å².